The molecule has 12 heteroatoms. The molecular weight excluding hydrogens is 508 g/mol. The van der Waals surface area contributed by atoms with Crippen LogP contribution in [0.15, 0.2) is 48.5 Å². The number of carbonyl (C=O) groups excluding carboxylic acids is 2. The molecule has 2 aromatic carbocycles. The molecule has 0 aromatic heterocycles. The topological polar surface area (TPSA) is 152 Å². The summed E-state index contributed by atoms with van der Waals surface area (Å²) >= 11 is 0. The molecule has 1 amide bonds. The average molecular weight is 539 g/mol. The summed E-state index contributed by atoms with van der Waals surface area (Å²) in [6.07, 6.45) is 1.44. The van der Waals surface area contributed by atoms with Gasteiger partial charge in [0.15, 0.2) is 0 Å². The predicted molar refractivity (Wildman–Crippen MR) is 139 cm³/mol. The van der Waals surface area contributed by atoms with Gasteiger partial charge in [-0.25, -0.2) is 13.1 Å². The number of amidine groups is 1. The summed E-state index contributed by atoms with van der Waals surface area (Å²) in [6, 6.07) is 14.5. The van der Waals surface area contributed by atoms with Gasteiger partial charge in [0.1, 0.15) is 18.2 Å². The molecule has 0 saturated carbocycles. The summed E-state index contributed by atoms with van der Waals surface area (Å²) in [4.78, 5) is 26.2. The fourth-order valence-electron chi connectivity index (χ4n) is 4.01. The number of nitrogens with one attached hydrogen (secondary N) is 2. The Kier molecular flexibility index (Phi) is 10.3. The van der Waals surface area contributed by atoms with Crippen LogP contribution in [-0.2, 0) is 24.3 Å². The van der Waals surface area contributed by atoms with E-state index in [1.54, 1.807) is 17.0 Å². The van der Waals surface area contributed by atoms with Crippen molar-refractivity contribution in [3.63, 3.8) is 0 Å². The number of carbonyl (C=O) groups is 2. The van der Waals surface area contributed by atoms with Gasteiger partial charge in [0.25, 0.3) is 0 Å². The lowest BCUT2D eigenvalue weighted by molar-refractivity contribution is -0.144. The maximum atomic E-state index is 12.9. The number of nitrogen functional groups attached to an aromatic ring is 1. The second-order valence-electron chi connectivity index (χ2n) is 8.39. The predicted octanol–water partition coefficient (Wildman–Crippen LogP) is 1.77. The number of methoxy groups -OCH3 is 1. The first-order valence-electron chi connectivity index (χ1n) is 11.1. The van der Waals surface area contributed by atoms with Crippen LogP contribution in [0.3, 0.4) is 0 Å². The summed E-state index contributed by atoms with van der Waals surface area (Å²) in [5.74, 6) is -0.586. The fraction of sp³-hybridized carbons (Fsp3) is 0.375. The number of sulfonamides is 1. The van der Waals surface area contributed by atoms with Crippen LogP contribution in [0.25, 0.3) is 11.1 Å². The molecule has 0 radical (unpaired) electrons. The van der Waals surface area contributed by atoms with Crippen molar-refractivity contribution in [2.75, 3.05) is 33.1 Å². The van der Waals surface area contributed by atoms with Gasteiger partial charge in [-0.1, -0.05) is 36.4 Å². The van der Waals surface area contributed by atoms with Crippen molar-refractivity contribution < 1.29 is 27.5 Å². The van der Waals surface area contributed by atoms with Crippen molar-refractivity contribution in [3.05, 3.63) is 54.1 Å². The van der Waals surface area contributed by atoms with Crippen LogP contribution in [0.2, 0.25) is 0 Å². The number of amides is 1. The van der Waals surface area contributed by atoms with E-state index in [0.717, 1.165) is 17.4 Å². The molecule has 0 bridgehead atoms. The highest BCUT2D eigenvalue weighted by atomic mass is 35.5. The van der Waals surface area contributed by atoms with E-state index in [1.165, 1.54) is 7.11 Å². The third kappa shape index (κ3) is 7.94. The molecule has 4 N–H and O–H groups in total. The van der Waals surface area contributed by atoms with Crippen LogP contribution in [0.4, 0.5) is 0 Å². The Balaban J connectivity index is 0.00000456. The molecule has 1 heterocycles. The molecule has 10 nitrogen and oxygen atoms in total. The normalized spacial score (nSPS) is 17.4. The smallest absolute Gasteiger partial charge is 0.306 e. The minimum Gasteiger partial charge on any atom is -0.491 e. The Bertz CT molecular complexity index is 1170. The number of hydrogen-bond acceptors (Lipinski definition) is 7. The van der Waals surface area contributed by atoms with Crippen LogP contribution in [0.5, 0.6) is 5.75 Å². The van der Waals surface area contributed by atoms with E-state index >= 15 is 0 Å². The summed E-state index contributed by atoms with van der Waals surface area (Å²) in [5.41, 5.74) is 8.09. The van der Waals surface area contributed by atoms with Crippen molar-refractivity contribution in [1.82, 2.24) is 9.62 Å². The number of ether oxygens (including phenoxy) is 2. The van der Waals surface area contributed by atoms with Crippen molar-refractivity contribution in [3.8, 4) is 16.9 Å². The van der Waals surface area contributed by atoms with E-state index in [1.807, 2.05) is 36.4 Å². The number of esters is 1. The number of hydrogen-bond donors (Lipinski definition) is 3. The van der Waals surface area contributed by atoms with Gasteiger partial charge in [-0.15, -0.1) is 12.4 Å². The van der Waals surface area contributed by atoms with Gasteiger partial charge in [-0.05, 0) is 29.7 Å². The van der Waals surface area contributed by atoms with E-state index in [2.05, 4.69) is 4.72 Å². The first-order valence-corrected chi connectivity index (χ1v) is 13.0. The first kappa shape index (κ1) is 29.1. The molecule has 0 spiro atoms. The van der Waals surface area contributed by atoms with Crippen LogP contribution >= 0.6 is 12.4 Å². The van der Waals surface area contributed by atoms with Crippen molar-refractivity contribution in [2.24, 2.45) is 11.7 Å². The molecule has 0 unspecified atom stereocenters. The van der Waals surface area contributed by atoms with Gasteiger partial charge in [-0.2, -0.15) is 0 Å². The Labute approximate surface area is 217 Å². The van der Waals surface area contributed by atoms with Crippen molar-refractivity contribution in [2.45, 2.75) is 18.9 Å². The summed E-state index contributed by atoms with van der Waals surface area (Å²) in [5, 5.41) is 7.49. The third-order valence-electron chi connectivity index (χ3n) is 5.81. The quantitative estimate of drug-likeness (QED) is 0.224. The molecule has 3 rings (SSSR count). The Morgan fingerprint density at radius 1 is 1.14 bits per heavy atom. The van der Waals surface area contributed by atoms with Crippen LogP contribution in [-0.4, -0.2) is 70.1 Å². The molecule has 1 saturated heterocycles. The Morgan fingerprint density at radius 3 is 2.25 bits per heavy atom. The zero-order chi connectivity index (χ0) is 25.6. The molecule has 0 aliphatic carbocycles. The number of halogens is 1. The highest BCUT2D eigenvalue weighted by Gasteiger charge is 2.40. The maximum absolute atomic E-state index is 12.9. The monoisotopic (exact) mass is 538 g/mol. The highest BCUT2D eigenvalue weighted by molar-refractivity contribution is 7.88. The lowest BCUT2D eigenvalue weighted by Gasteiger charge is -2.25. The number of rotatable bonds is 11. The molecule has 1 aliphatic heterocycles. The lowest BCUT2D eigenvalue weighted by atomic mass is 10.0. The second-order valence-corrected chi connectivity index (χ2v) is 10.2. The van der Waals surface area contributed by atoms with E-state index in [-0.39, 0.29) is 56.3 Å². The summed E-state index contributed by atoms with van der Waals surface area (Å²) < 4.78 is 35.8. The molecule has 2 atom stereocenters. The molecule has 1 aliphatic rings. The van der Waals surface area contributed by atoms with Crippen LogP contribution in [0.1, 0.15) is 18.4 Å². The van der Waals surface area contributed by atoms with E-state index in [9.17, 15) is 18.0 Å². The molecule has 36 heavy (non-hydrogen) atoms. The van der Waals surface area contributed by atoms with E-state index in [0.29, 0.717) is 17.7 Å². The van der Waals surface area contributed by atoms with Crippen LogP contribution in [0, 0.1) is 11.3 Å². The summed E-state index contributed by atoms with van der Waals surface area (Å²) in [7, 11) is -2.11. The largest absolute Gasteiger partial charge is 0.491 e. The van der Waals surface area contributed by atoms with E-state index in [4.69, 9.17) is 20.6 Å². The lowest BCUT2D eigenvalue weighted by Crippen LogP contribution is -2.42. The zero-order valence-electron chi connectivity index (χ0n) is 20.1. The van der Waals surface area contributed by atoms with Gasteiger partial charge in [0, 0.05) is 18.7 Å². The minimum atomic E-state index is -3.39. The van der Waals surface area contributed by atoms with Gasteiger partial charge < -0.3 is 20.1 Å². The Morgan fingerprint density at radius 2 is 1.72 bits per heavy atom. The van der Waals surface area contributed by atoms with Crippen molar-refractivity contribution in [1.29, 1.82) is 5.41 Å². The highest BCUT2D eigenvalue weighted by Crippen LogP contribution is 2.29. The second kappa shape index (κ2) is 12.7. The fourth-order valence-corrected chi connectivity index (χ4v) is 4.47. The van der Waals surface area contributed by atoms with Gasteiger partial charge in [0.2, 0.25) is 15.9 Å². The first-order chi connectivity index (χ1) is 16.6. The maximum Gasteiger partial charge on any atom is 0.306 e. The van der Waals surface area contributed by atoms with Gasteiger partial charge >= 0.3 is 5.97 Å². The number of nitrogens with zero attached hydrogens (tertiary/aromatic N) is 1. The number of likely N-dealkylation sites (tertiary alicyclic amines) is 1. The van der Waals surface area contributed by atoms with Crippen molar-refractivity contribution >= 4 is 40.1 Å². The molecule has 1 fully saturated rings. The molecule has 196 valence electrons. The SMILES string of the molecule is COC(=O)C[C@@H]1C[C@@H](COc2ccc(-c3ccc(C(=N)N)cc3)cc2)N(CCNS(C)(=O)=O)C1=O.Cl. The zero-order valence-corrected chi connectivity index (χ0v) is 21.7. The number of nitrogens with two attached hydrogens (primary N) is 1. The minimum absolute atomic E-state index is 0. The molecular formula is C24H31ClN4O6S. The summed E-state index contributed by atoms with van der Waals surface area (Å²) in [6.45, 7) is 0.449. The molecule has 2 aromatic rings. The van der Waals surface area contributed by atoms with Gasteiger partial charge in [0.05, 0.1) is 31.7 Å². The van der Waals surface area contributed by atoms with E-state index < -0.39 is 21.9 Å². The third-order valence-corrected chi connectivity index (χ3v) is 6.54. The standard InChI is InChI=1S/C24H30N4O6S.ClH/c1-33-22(29)14-19-13-20(28(24(19)30)12-11-27-35(2,31)32)15-34-21-9-7-17(8-10-21)16-3-5-18(6-4-16)23(25)26;/h3-10,19-20,27H,11-15H2,1-2H3,(H3,25,26);1H/t19-,20-;/m0./s1. The van der Waals surface area contributed by atoms with Gasteiger partial charge in [-0.3, -0.25) is 15.0 Å². The Hall–Kier alpha value is -3.15. The van der Waals surface area contributed by atoms with Crippen LogP contribution < -0.4 is 15.2 Å². The number of benzene rings is 2. The average Bonchev–Trinajstić information content (AvgIpc) is 3.11.